The lowest BCUT2D eigenvalue weighted by Gasteiger charge is -2.30. The summed E-state index contributed by atoms with van der Waals surface area (Å²) in [7, 11) is 0. The van der Waals surface area contributed by atoms with Crippen molar-refractivity contribution in [2.45, 2.75) is 19.3 Å². The summed E-state index contributed by atoms with van der Waals surface area (Å²) in [5.74, 6) is 0. The van der Waals surface area contributed by atoms with E-state index in [0.717, 1.165) is 36.9 Å². The Bertz CT molecular complexity index is 376. The predicted octanol–water partition coefficient (Wildman–Crippen LogP) is 3.37. The molecule has 0 unspecified atom stereocenters. The third-order valence-corrected chi connectivity index (χ3v) is 4.80. The van der Waals surface area contributed by atoms with Crippen LogP contribution < -0.4 is 0 Å². The second-order valence-electron chi connectivity index (χ2n) is 3.87. The van der Waals surface area contributed by atoms with Crippen LogP contribution in [0.4, 0.5) is 0 Å². The van der Waals surface area contributed by atoms with Gasteiger partial charge < -0.3 is 4.74 Å². The van der Waals surface area contributed by atoms with E-state index in [1.165, 1.54) is 4.88 Å². The maximum atomic E-state index is 9.32. The smallest absolute Gasteiger partial charge is 0.0695 e. The van der Waals surface area contributed by atoms with Crippen LogP contribution >= 0.6 is 27.3 Å². The van der Waals surface area contributed by atoms with Gasteiger partial charge in [0.25, 0.3) is 0 Å². The van der Waals surface area contributed by atoms with Gasteiger partial charge in [0.2, 0.25) is 0 Å². The molecule has 2 nitrogen and oxygen atoms in total. The topological polar surface area (TPSA) is 33.0 Å². The lowest BCUT2D eigenvalue weighted by molar-refractivity contribution is 0.0409. The summed E-state index contributed by atoms with van der Waals surface area (Å²) in [4.78, 5) is 1.28. The molecule has 15 heavy (non-hydrogen) atoms. The summed E-state index contributed by atoms with van der Waals surface area (Å²) in [5, 5.41) is 11.4. The van der Waals surface area contributed by atoms with Crippen molar-refractivity contribution < 1.29 is 4.74 Å². The first kappa shape index (κ1) is 11.1. The molecule has 0 amide bonds. The fraction of sp³-hybridized carbons (Fsp3) is 0.545. The molecule has 0 radical (unpaired) electrons. The Morgan fingerprint density at radius 2 is 2.27 bits per heavy atom. The van der Waals surface area contributed by atoms with Crippen molar-refractivity contribution in [3.63, 3.8) is 0 Å². The summed E-state index contributed by atoms with van der Waals surface area (Å²) in [6.45, 7) is 1.44. The third-order valence-electron chi connectivity index (χ3n) is 2.88. The van der Waals surface area contributed by atoms with Crippen LogP contribution in [0.5, 0.6) is 0 Å². The standard InChI is InChI=1S/C11H12BrNOS/c12-9-1-6-15-10(9)7-11(8-13)2-4-14-5-3-11/h1,6H,2-5,7H2. The first-order valence-electron chi connectivity index (χ1n) is 4.97. The Balaban J connectivity index is 2.15. The summed E-state index contributed by atoms with van der Waals surface area (Å²) in [5.41, 5.74) is -0.203. The Morgan fingerprint density at radius 1 is 1.53 bits per heavy atom. The van der Waals surface area contributed by atoms with Gasteiger partial charge in [-0.2, -0.15) is 5.26 Å². The molecular weight excluding hydrogens is 274 g/mol. The zero-order chi connectivity index (χ0) is 10.7. The fourth-order valence-electron chi connectivity index (χ4n) is 1.85. The van der Waals surface area contributed by atoms with Crippen LogP contribution in [0, 0.1) is 16.7 Å². The van der Waals surface area contributed by atoms with E-state index in [9.17, 15) is 5.26 Å². The molecule has 0 aliphatic carbocycles. The monoisotopic (exact) mass is 285 g/mol. The van der Waals surface area contributed by atoms with Crippen LogP contribution in [0.15, 0.2) is 15.9 Å². The second kappa shape index (κ2) is 4.65. The number of ether oxygens (including phenoxy) is 1. The minimum absolute atomic E-state index is 0.203. The highest BCUT2D eigenvalue weighted by Gasteiger charge is 2.33. The van der Waals surface area contributed by atoms with E-state index < -0.39 is 0 Å². The molecule has 1 aliphatic rings. The lowest BCUT2D eigenvalue weighted by atomic mass is 9.78. The van der Waals surface area contributed by atoms with Crippen LogP contribution in [-0.4, -0.2) is 13.2 Å². The Hall–Kier alpha value is -0.370. The lowest BCUT2D eigenvalue weighted by Crippen LogP contribution is -2.30. The van der Waals surface area contributed by atoms with Crippen molar-refractivity contribution in [3.05, 3.63) is 20.8 Å². The molecule has 2 rings (SSSR count). The molecule has 4 heteroatoms. The van der Waals surface area contributed by atoms with E-state index in [0.29, 0.717) is 0 Å². The van der Waals surface area contributed by atoms with Crippen molar-refractivity contribution in [2.75, 3.05) is 13.2 Å². The van der Waals surface area contributed by atoms with Gasteiger partial charge in [-0.05, 0) is 40.2 Å². The number of halogens is 1. The summed E-state index contributed by atoms with van der Waals surface area (Å²) in [6.07, 6.45) is 2.56. The molecule has 0 atom stereocenters. The second-order valence-corrected chi connectivity index (χ2v) is 5.73. The zero-order valence-electron chi connectivity index (χ0n) is 8.33. The number of hydrogen-bond acceptors (Lipinski definition) is 3. The SMILES string of the molecule is N#CC1(Cc2sccc2Br)CCOCC1. The largest absolute Gasteiger partial charge is 0.381 e. The average Bonchev–Trinajstić information content (AvgIpc) is 2.66. The number of thiophene rings is 1. The van der Waals surface area contributed by atoms with Gasteiger partial charge in [0.1, 0.15) is 0 Å². The Morgan fingerprint density at radius 3 is 2.80 bits per heavy atom. The van der Waals surface area contributed by atoms with Crippen LogP contribution in [0.25, 0.3) is 0 Å². The van der Waals surface area contributed by atoms with Crippen LogP contribution in [0.3, 0.4) is 0 Å². The van der Waals surface area contributed by atoms with E-state index >= 15 is 0 Å². The molecule has 0 spiro atoms. The zero-order valence-corrected chi connectivity index (χ0v) is 10.7. The summed E-state index contributed by atoms with van der Waals surface area (Å²) < 4.78 is 6.45. The average molecular weight is 286 g/mol. The molecular formula is C11H12BrNOS. The minimum Gasteiger partial charge on any atom is -0.381 e. The van der Waals surface area contributed by atoms with E-state index in [1.807, 2.05) is 6.07 Å². The normalized spacial score (nSPS) is 19.7. The van der Waals surface area contributed by atoms with E-state index in [-0.39, 0.29) is 5.41 Å². The Labute approximate surface area is 102 Å². The number of nitrogens with zero attached hydrogens (tertiary/aromatic N) is 1. The molecule has 1 aromatic rings. The van der Waals surface area contributed by atoms with Crippen molar-refractivity contribution in [1.82, 2.24) is 0 Å². The van der Waals surface area contributed by atoms with Crippen molar-refractivity contribution >= 4 is 27.3 Å². The van der Waals surface area contributed by atoms with Crippen LogP contribution in [0.2, 0.25) is 0 Å². The van der Waals surface area contributed by atoms with Gasteiger partial charge in [0.05, 0.1) is 11.5 Å². The molecule has 0 bridgehead atoms. The third kappa shape index (κ3) is 2.41. The highest BCUT2D eigenvalue weighted by Crippen LogP contribution is 2.37. The van der Waals surface area contributed by atoms with E-state index in [4.69, 9.17) is 4.74 Å². The number of hydrogen-bond donors (Lipinski definition) is 0. The summed E-state index contributed by atoms with van der Waals surface area (Å²) >= 11 is 5.23. The molecule has 0 aromatic carbocycles. The number of rotatable bonds is 2. The molecule has 1 aromatic heterocycles. The highest BCUT2D eigenvalue weighted by atomic mass is 79.9. The molecule has 1 aliphatic heterocycles. The first-order valence-corrected chi connectivity index (χ1v) is 6.64. The van der Waals surface area contributed by atoms with Gasteiger partial charge in [-0.15, -0.1) is 11.3 Å². The maximum Gasteiger partial charge on any atom is 0.0695 e. The molecule has 2 heterocycles. The number of nitriles is 1. The summed E-state index contributed by atoms with van der Waals surface area (Å²) in [6, 6.07) is 4.53. The van der Waals surface area contributed by atoms with Gasteiger partial charge in [-0.3, -0.25) is 0 Å². The van der Waals surface area contributed by atoms with Gasteiger partial charge in [-0.25, -0.2) is 0 Å². The molecule has 80 valence electrons. The van der Waals surface area contributed by atoms with Gasteiger partial charge in [-0.1, -0.05) is 0 Å². The first-order chi connectivity index (χ1) is 7.26. The van der Waals surface area contributed by atoms with Crippen molar-refractivity contribution in [3.8, 4) is 6.07 Å². The predicted molar refractivity (Wildman–Crippen MR) is 63.8 cm³/mol. The Kier molecular flexibility index (Phi) is 3.45. The quantitative estimate of drug-likeness (QED) is 0.835. The van der Waals surface area contributed by atoms with Crippen molar-refractivity contribution in [1.29, 1.82) is 5.26 Å². The van der Waals surface area contributed by atoms with Crippen LogP contribution in [0.1, 0.15) is 17.7 Å². The van der Waals surface area contributed by atoms with Gasteiger partial charge >= 0.3 is 0 Å². The van der Waals surface area contributed by atoms with E-state index in [2.05, 4.69) is 27.4 Å². The highest BCUT2D eigenvalue weighted by molar-refractivity contribution is 9.10. The fourth-order valence-corrected chi connectivity index (χ4v) is 3.49. The molecule has 1 saturated heterocycles. The van der Waals surface area contributed by atoms with Gasteiger partial charge in [0, 0.05) is 29.0 Å². The molecule has 0 N–H and O–H groups in total. The molecule has 1 fully saturated rings. The van der Waals surface area contributed by atoms with Gasteiger partial charge in [0.15, 0.2) is 0 Å². The maximum absolute atomic E-state index is 9.32. The van der Waals surface area contributed by atoms with E-state index in [1.54, 1.807) is 11.3 Å². The van der Waals surface area contributed by atoms with Crippen molar-refractivity contribution in [2.24, 2.45) is 5.41 Å². The minimum atomic E-state index is -0.203. The molecule has 0 saturated carbocycles. The van der Waals surface area contributed by atoms with Crippen LogP contribution in [-0.2, 0) is 11.2 Å².